The molecule has 0 amide bonds. The van der Waals surface area contributed by atoms with Gasteiger partial charge in [-0.1, -0.05) is 17.7 Å². The van der Waals surface area contributed by atoms with Gasteiger partial charge in [0.15, 0.2) is 0 Å². The first-order valence-corrected chi connectivity index (χ1v) is 5.27. The number of nitrogens with one attached hydrogen (secondary N) is 1. The van der Waals surface area contributed by atoms with Gasteiger partial charge in [-0.25, -0.2) is 0 Å². The number of nitrogens with zero attached hydrogens (tertiary/aromatic N) is 1. The number of hydrogen-bond acceptors (Lipinski definition) is 5. The van der Waals surface area contributed by atoms with E-state index in [2.05, 4.69) is 5.32 Å². The lowest BCUT2D eigenvalue weighted by atomic mass is 10.2. The van der Waals surface area contributed by atoms with Crippen LogP contribution in [0.25, 0.3) is 0 Å². The Hall–Kier alpha value is -1.37. The maximum Gasteiger partial charge on any atom is 0.293 e. The lowest BCUT2D eigenvalue weighted by Gasteiger charge is -2.17. The van der Waals surface area contributed by atoms with Crippen molar-refractivity contribution in [1.29, 1.82) is 0 Å². The molecule has 6 nitrogen and oxygen atoms in total. The van der Waals surface area contributed by atoms with Gasteiger partial charge in [0.2, 0.25) is 0 Å². The quantitative estimate of drug-likeness (QED) is 0.600. The second-order valence-electron chi connectivity index (χ2n) is 3.37. The summed E-state index contributed by atoms with van der Waals surface area (Å²) in [6, 6.07) is 3.93. The predicted molar refractivity (Wildman–Crippen MR) is 64.5 cm³/mol. The SMILES string of the molecule is COCC(CO)Nc1c(Cl)cccc1[N+](=O)[O-]. The zero-order chi connectivity index (χ0) is 12.8. The number of methoxy groups -OCH3 is 1. The summed E-state index contributed by atoms with van der Waals surface area (Å²) in [6.07, 6.45) is 0. The van der Waals surface area contributed by atoms with Gasteiger partial charge in [-0.15, -0.1) is 0 Å². The van der Waals surface area contributed by atoms with Gasteiger partial charge in [0, 0.05) is 13.2 Å². The number of para-hydroxylation sites is 1. The Morgan fingerprint density at radius 3 is 2.88 bits per heavy atom. The van der Waals surface area contributed by atoms with Crippen LogP contribution in [0.2, 0.25) is 5.02 Å². The molecular weight excluding hydrogens is 248 g/mol. The van der Waals surface area contributed by atoms with E-state index in [9.17, 15) is 10.1 Å². The largest absolute Gasteiger partial charge is 0.394 e. The average molecular weight is 261 g/mol. The molecule has 1 rings (SSSR count). The molecule has 17 heavy (non-hydrogen) atoms. The van der Waals surface area contributed by atoms with Crippen LogP contribution in [0.5, 0.6) is 0 Å². The van der Waals surface area contributed by atoms with E-state index in [0.717, 1.165) is 0 Å². The van der Waals surface area contributed by atoms with Gasteiger partial charge in [-0.2, -0.15) is 0 Å². The van der Waals surface area contributed by atoms with Crippen LogP contribution in [0.3, 0.4) is 0 Å². The molecule has 0 saturated carbocycles. The summed E-state index contributed by atoms with van der Waals surface area (Å²) in [6.45, 7) is 0.00902. The molecule has 1 aromatic rings. The highest BCUT2D eigenvalue weighted by molar-refractivity contribution is 6.33. The maximum absolute atomic E-state index is 10.8. The van der Waals surface area contributed by atoms with Gasteiger partial charge in [-0.3, -0.25) is 10.1 Å². The van der Waals surface area contributed by atoms with Crippen LogP contribution in [0.1, 0.15) is 0 Å². The Morgan fingerprint density at radius 2 is 2.35 bits per heavy atom. The average Bonchev–Trinajstić information content (AvgIpc) is 2.30. The summed E-state index contributed by atoms with van der Waals surface area (Å²) < 4.78 is 4.87. The fourth-order valence-electron chi connectivity index (χ4n) is 1.35. The first-order valence-electron chi connectivity index (χ1n) is 4.89. The number of benzene rings is 1. The Morgan fingerprint density at radius 1 is 1.65 bits per heavy atom. The number of ether oxygens (including phenoxy) is 1. The second-order valence-corrected chi connectivity index (χ2v) is 3.78. The number of hydrogen-bond donors (Lipinski definition) is 2. The molecule has 0 saturated heterocycles. The Kier molecular flexibility index (Phi) is 5.14. The van der Waals surface area contributed by atoms with Crippen molar-refractivity contribution in [1.82, 2.24) is 0 Å². The molecule has 0 bridgehead atoms. The number of nitro groups is 1. The molecule has 2 N–H and O–H groups in total. The molecule has 0 spiro atoms. The van der Waals surface area contributed by atoms with Crippen molar-refractivity contribution in [3.63, 3.8) is 0 Å². The summed E-state index contributed by atoms with van der Waals surface area (Å²) in [4.78, 5) is 10.3. The third kappa shape index (κ3) is 3.55. The molecule has 0 aliphatic heterocycles. The summed E-state index contributed by atoms with van der Waals surface area (Å²) in [5.74, 6) is 0. The molecular formula is C10H13ClN2O4. The smallest absolute Gasteiger partial charge is 0.293 e. The number of rotatable bonds is 6. The summed E-state index contributed by atoms with van der Waals surface area (Å²) in [5.41, 5.74) is 0.0577. The molecule has 7 heteroatoms. The molecule has 0 aliphatic carbocycles. The first kappa shape index (κ1) is 13.7. The lowest BCUT2D eigenvalue weighted by Crippen LogP contribution is -2.29. The number of anilines is 1. The van der Waals surface area contributed by atoms with Crippen molar-refractivity contribution >= 4 is 23.0 Å². The van der Waals surface area contributed by atoms with Gasteiger partial charge >= 0.3 is 0 Å². The van der Waals surface area contributed by atoms with E-state index < -0.39 is 11.0 Å². The molecule has 0 aromatic heterocycles. The highest BCUT2D eigenvalue weighted by Crippen LogP contribution is 2.32. The summed E-state index contributed by atoms with van der Waals surface area (Å²) in [5, 5.41) is 22.9. The van der Waals surface area contributed by atoms with Crippen molar-refractivity contribution in [3.05, 3.63) is 33.3 Å². The molecule has 0 aliphatic rings. The maximum atomic E-state index is 10.8. The number of halogens is 1. The van der Waals surface area contributed by atoms with Gasteiger partial charge in [0.05, 0.1) is 29.2 Å². The van der Waals surface area contributed by atoms with Crippen molar-refractivity contribution in [2.75, 3.05) is 25.6 Å². The predicted octanol–water partition coefficient (Wildman–Crippen LogP) is 1.67. The van der Waals surface area contributed by atoms with Crippen LogP contribution in [0.4, 0.5) is 11.4 Å². The van der Waals surface area contributed by atoms with Gasteiger partial charge in [-0.05, 0) is 6.07 Å². The summed E-state index contributed by atoms with van der Waals surface area (Å²) >= 11 is 5.89. The highest BCUT2D eigenvalue weighted by atomic mass is 35.5. The van der Waals surface area contributed by atoms with Crippen LogP contribution in [-0.2, 0) is 4.74 Å². The van der Waals surface area contributed by atoms with E-state index >= 15 is 0 Å². The van der Waals surface area contributed by atoms with Crippen LogP contribution < -0.4 is 5.32 Å². The van der Waals surface area contributed by atoms with Crippen molar-refractivity contribution < 1.29 is 14.8 Å². The molecule has 0 fully saturated rings. The third-order valence-electron chi connectivity index (χ3n) is 2.13. The second kappa shape index (κ2) is 6.39. The molecule has 1 aromatic carbocycles. The molecule has 1 atom stereocenters. The van der Waals surface area contributed by atoms with Crippen LogP contribution in [-0.4, -0.2) is 36.4 Å². The molecule has 0 heterocycles. The van der Waals surface area contributed by atoms with E-state index in [1.54, 1.807) is 0 Å². The van der Waals surface area contributed by atoms with Gasteiger partial charge < -0.3 is 15.2 Å². The topological polar surface area (TPSA) is 84.6 Å². The van der Waals surface area contributed by atoms with Gasteiger partial charge in [0.25, 0.3) is 5.69 Å². The normalized spacial score (nSPS) is 12.2. The van der Waals surface area contributed by atoms with E-state index in [1.165, 1.54) is 25.3 Å². The lowest BCUT2D eigenvalue weighted by molar-refractivity contribution is -0.384. The fourth-order valence-corrected chi connectivity index (χ4v) is 1.58. The van der Waals surface area contributed by atoms with E-state index in [0.29, 0.717) is 0 Å². The van der Waals surface area contributed by atoms with E-state index in [4.69, 9.17) is 21.4 Å². The standard InChI is InChI=1S/C10H13ClN2O4/c1-17-6-7(5-14)12-10-8(11)3-2-4-9(10)13(15)16/h2-4,7,12,14H,5-6H2,1H3. The minimum Gasteiger partial charge on any atom is -0.394 e. The van der Waals surface area contributed by atoms with Crippen LogP contribution >= 0.6 is 11.6 Å². The zero-order valence-electron chi connectivity index (χ0n) is 9.22. The van der Waals surface area contributed by atoms with Crippen LogP contribution in [0, 0.1) is 10.1 Å². The van der Waals surface area contributed by atoms with Gasteiger partial charge in [0.1, 0.15) is 5.69 Å². The third-order valence-corrected chi connectivity index (χ3v) is 2.44. The number of nitro benzene ring substituents is 1. The Bertz CT molecular complexity index is 400. The van der Waals surface area contributed by atoms with Crippen LogP contribution in [0.15, 0.2) is 18.2 Å². The van der Waals surface area contributed by atoms with Crippen molar-refractivity contribution in [2.45, 2.75) is 6.04 Å². The van der Waals surface area contributed by atoms with E-state index in [1.807, 2.05) is 0 Å². The molecule has 94 valence electrons. The fraction of sp³-hybridized carbons (Fsp3) is 0.400. The minimum atomic E-state index is -0.532. The zero-order valence-corrected chi connectivity index (χ0v) is 9.98. The number of aliphatic hydroxyl groups is 1. The molecule has 0 radical (unpaired) electrons. The first-order chi connectivity index (χ1) is 8.10. The highest BCUT2D eigenvalue weighted by Gasteiger charge is 2.19. The summed E-state index contributed by atoms with van der Waals surface area (Å²) in [7, 11) is 1.48. The monoisotopic (exact) mass is 260 g/mol. The Labute approximate surface area is 103 Å². The van der Waals surface area contributed by atoms with Crippen molar-refractivity contribution in [2.24, 2.45) is 0 Å². The van der Waals surface area contributed by atoms with E-state index in [-0.39, 0.29) is 29.6 Å². The Balaban J connectivity index is 2.99. The molecule has 1 unspecified atom stereocenters. The number of aliphatic hydroxyl groups excluding tert-OH is 1. The minimum absolute atomic E-state index is 0.132. The van der Waals surface area contributed by atoms with Crippen molar-refractivity contribution in [3.8, 4) is 0 Å².